The predicted octanol–water partition coefficient (Wildman–Crippen LogP) is 4.33. The monoisotopic (exact) mass is 428 g/mol. The minimum atomic E-state index is -4.57. The number of alkyl halides is 3. The fraction of sp³-hybridized carbons (Fsp3) is 0.214. The fourth-order valence-corrected chi connectivity index (χ4v) is 5.81. The van der Waals surface area contributed by atoms with Crippen molar-refractivity contribution in [3.8, 4) is 0 Å². The normalized spacial score (nSPS) is 16.8. The van der Waals surface area contributed by atoms with E-state index >= 15 is 0 Å². The Hall–Kier alpha value is -1.29. The van der Waals surface area contributed by atoms with E-state index in [0.29, 0.717) is 17.3 Å². The molecule has 1 aliphatic rings. The summed E-state index contributed by atoms with van der Waals surface area (Å²) < 4.78 is 62.3. The van der Waals surface area contributed by atoms with Gasteiger partial charge in [0.1, 0.15) is 4.21 Å². The molecule has 1 N–H and O–H groups in total. The van der Waals surface area contributed by atoms with Crippen molar-refractivity contribution in [3.63, 3.8) is 0 Å². The highest BCUT2D eigenvalue weighted by atomic mass is 35.5. The van der Waals surface area contributed by atoms with Gasteiger partial charge in [0.2, 0.25) is 0 Å². The SMILES string of the molecule is O=S1(=O)CCc2c1scc/c2=N/Nc1c(Cl)cc(C(F)(F)F)cc1Cl. The summed E-state index contributed by atoms with van der Waals surface area (Å²) in [6.45, 7) is 0. The van der Waals surface area contributed by atoms with Gasteiger partial charge < -0.3 is 0 Å². The van der Waals surface area contributed by atoms with Crippen LogP contribution in [0.3, 0.4) is 0 Å². The van der Waals surface area contributed by atoms with Crippen LogP contribution in [0.2, 0.25) is 10.0 Å². The van der Waals surface area contributed by atoms with Gasteiger partial charge in [0.15, 0.2) is 9.84 Å². The molecule has 0 aliphatic carbocycles. The van der Waals surface area contributed by atoms with E-state index in [9.17, 15) is 21.6 Å². The fourth-order valence-electron chi connectivity index (χ4n) is 2.32. The van der Waals surface area contributed by atoms with Crippen molar-refractivity contribution in [2.45, 2.75) is 16.8 Å². The third-order valence-corrected chi connectivity index (χ3v) is 7.45. The first-order valence-electron chi connectivity index (χ1n) is 6.79. The summed E-state index contributed by atoms with van der Waals surface area (Å²) in [7, 11) is -3.30. The standard InChI is InChI=1S/C14H9Cl2F3N2O2S2/c15-9-5-7(14(17,18)19)6-10(16)12(9)21-20-11-1-3-24-13-8(11)2-4-25(13,22)23/h1,3,5-6,21H,2,4H2/b20-11-. The molecule has 2 aromatic rings. The molecule has 0 unspecified atom stereocenters. The number of halogens is 5. The molecule has 0 fully saturated rings. The largest absolute Gasteiger partial charge is 0.416 e. The number of nitrogens with one attached hydrogen (secondary N) is 1. The van der Waals surface area contributed by atoms with Crippen LogP contribution < -0.4 is 10.8 Å². The van der Waals surface area contributed by atoms with Crippen molar-refractivity contribution in [1.29, 1.82) is 0 Å². The maximum absolute atomic E-state index is 12.7. The Morgan fingerprint density at radius 1 is 1.20 bits per heavy atom. The van der Waals surface area contributed by atoms with Gasteiger partial charge in [-0.3, -0.25) is 5.43 Å². The molecule has 0 saturated carbocycles. The number of sulfone groups is 1. The zero-order valence-electron chi connectivity index (χ0n) is 12.2. The second-order valence-electron chi connectivity index (χ2n) is 5.18. The molecule has 0 amide bonds. The van der Waals surface area contributed by atoms with Crippen LogP contribution >= 0.6 is 34.5 Å². The zero-order valence-corrected chi connectivity index (χ0v) is 15.3. The molecular formula is C14H9Cl2F3N2O2S2. The molecule has 4 nitrogen and oxygen atoms in total. The molecule has 0 spiro atoms. The number of nitrogens with zero attached hydrogens (tertiary/aromatic N) is 1. The molecule has 0 bridgehead atoms. The van der Waals surface area contributed by atoms with Crippen LogP contribution in [0.1, 0.15) is 11.1 Å². The Kier molecular flexibility index (Phi) is 4.78. The first-order valence-corrected chi connectivity index (χ1v) is 10.1. The number of fused-ring (bicyclic) bond motifs is 1. The summed E-state index contributed by atoms with van der Waals surface area (Å²) in [5, 5.41) is 5.54. The van der Waals surface area contributed by atoms with Crippen molar-refractivity contribution < 1.29 is 21.6 Å². The van der Waals surface area contributed by atoms with Crippen LogP contribution in [0.5, 0.6) is 0 Å². The highest BCUT2D eigenvalue weighted by molar-refractivity contribution is 7.93. The molecule has 0 radical (unpaired) electrons. The maximum Gasteiger partial charge on any atom is 0.416 e. The minimum absolute atomic E-state index is 0.00710. The summed E-state index contributed by atoms with van der Waals surface area (Å²) in [6.07, 6.45) is -4.25. The van der Waals surface area contributed by atoms with Gasteiger partial charge in [0, 0.05) is 5.56 Å². The van der Waals surface area contributed by atoms with Gasteiger partial charge in [-0.05, 0) is 30.0 Å². The highest BCUT2D eigenvalue weighted by Crippen LogP contribution is 2.38. The summed E-state index contributed by atoms with van der Waals surface area (Å²) in [5.41, 5.74) is 2.15. The van der Waals surface area contributed by atoms with Gasteiger partial charge in [-0.15, -0.1) is 11.3 Å². The number of rotatable bonds is 2. The molecule has 11 heteroatoms. The summed E-state index contributed by atoms with van der Waals surface area (Å²) in [5.74, 6) is 0.00710. The molecule has 134 valence electrons. The topological polar surface area (TPSA) is 58.5 Å². The molecule has 1 aliphatic heterocycles. The van der Waals surface area contributed by atoms with E-state index in [0.717, 1.165) is 23.5 Å². The Morgan fingerprint density at radius 2 is 1.84 bits per heavy atom. The van der Waals surface area contributed by atoms with E-state index in [1.165, 1.54) is 0 Å². The quantitative estimate of drug-likeness (QED) is 0.724. The second-order valence-corrected chi connectivity index (χ2v) is 9.21. The molecule has 1 aromatic heterocycles. The first kappa shape index (κ1) is 18.5. The third-order valence-electron chi connectivity index (χ3n) is 3.52. The average molecular weight is 429 g/mol. The lowest BCUT2D eigenvalue weighted by Crippen LogP contribution is -2.11. The molecule has 25 heavy (non-hydrogen) atoms. The molecule has 2 heterocycles. The maximum atomic E-state index is 12.7. The van der Waals surface area contributed by atoms with Gasteiger partial charge in [0.05, 0.1) is 32.4 Å². The summed E-state index contributed by atoms with van der Waals surface area (Å²) >= 11 is 12.8. The highest BCUT2D eigenvalue weighted by Gasteiger charge is 2.32. The molecule has 0 atom stereocenters. The Balaban J connectivity index is 2.01. The van der Waals surface area contributed by atoms with Crippen LogP contribution in [0, 0.1) is 0 Å². The van der Waals surface area contributed by atoms with Crippen molar-refractivity contribution in [1.82, 2.24) is 0 Å². The van der Waals surface area contributed by atoms with Crippen LogP contribution in [-0.2, 0) is 22.4 Å². The lowest BCUT2D eigenvalue weighted by atomic mass is 10.2. The van der Waals surface area contributed by atoms with Gasteiger partial charge >= 0.3 is 6.18 Å². The first-order chi connectivity index (χ1) is 11.6. The van der Waals surface area contributed by atoms with Crippen molar-refractivity contribution in [2.24, 2.45) is 5.10 Å². The van der Waals surface area contributed by atoms with Gasteiger partial charge in [-0.2, -0.15) is 18.3 Å². The summed E-state index contributed by atoms with van der Waals surface area (Å²) in [4.78, 5) is 0. The average Bonchev–Trinajstić information content (AvgIpc) is 2.82. The minimum Gasteiger partial charge on any atom is -0.275 e. The number of hydrogen-bond donors (Lipinski definition) is 1. The van der Waals surface area contributed by atoms with Gasteiger partial charge in [0.25, 0.3) is 0 Å². The Bertz CT molecular complexity index is 994. The van der Waals surface area contributed by atoms with Gasteiger partial charge in [-0.1, -0.05) is 23.2 Å². The van der Waals surface area contributed by atoms with Crippen LogP contribution in [0.15, 0.2) is 32.9 Å². The zero-order chi connectivity index (χ0) is 18.4. The van der Waals surface area contributed by atoms with Crippen molar-refractivity contribution >= 4 is 50.1 Å². The van der Waals surface area contributed by atoms with E-state index in [1.54, 1.807) is 11.4 Å². The molecule has 0 saturated heterocycles. The predicted molar refractivity (Wildman–Crippen MR) is 90.7 cm³/mol. The van der Waals surface area contributed by atoms with Crippen molar-refractivity contribution in [2.75, 3.05) is 11.2 Å². The second kappa shape index (κ2) is 6.46. The Morgan fingerprint density at radius 3 is 2.44 bits per heavy atom. The van der Waals surface area contributed by atoms with Crippen LogP contribution in [0.4, 0.5) is 18.9 Å². The molecule has 1 aromatic carbocycles. The smallest absolute Gasteiger partial charge is 0.275 e. The van der Waals surface area contributed by atoms with E-state index in [-0.39, 0.29) is 25.7 Å². The van der Waals surface area contributed by atoms with Crippen LogP contribution in [-0.4, -0.2) is 14.2 Å². The van der Waals surface area contributed by atoms with Gasteiger partial charge in [-0.25, -0.2) is 8.42 Å². The lowest BCUT2D eigenvalue weighted by Gasteiger charge is -2.11. The molecule has 3 rings (SSSR count). The summed E-state index contributed by atoms with van der Waals surface area (Å²) in [6, 6.07) is 3.10. The number of hydrogen-bond acceptors (Lipinski definition) is 5. The van der Waals surface area contributed by atoms with E-state index in [1.807, 2.05) is 0 Å². The van der Waals surface area contributed by atoms with E-state index in [4.69, 9.17) is 23.2 Å². The number of benzene rings is 1. The van der Waals surface area contributed by atoms with E-state index in [2.05, 4.69) is 10.5 Å². The third kappa shape index (κ3) is 3.64. The van der Waals surface area contributed by atoms with Crippen LogP contribution in [0.25, 0.3) is 0 Å². The van der Waals surface area contributed by atoms with Crippen molar-refractivity contribution in [3.05, 3.63) is 50.1 Å². The molecular weight excluding hydrogens is 420 g/mol. The Labute approximate surface area is 154 Å². The van der Waals surface area contributed by atoms with E-state index < -0.39 is 21.6 Å². The lowest BCUT2D eigenvalue weighted by molar-refractivity contribution is -0.137. The number of anilines is 1.